The Morgan fingerprint density at radius 2 is 1.69 bits per heavy atom. The predicted molar refractivity (Wildman–Crippen MR) is 116 cm³/mol. The molecule has 4 rings (SSSR count). The zero-order valence-corrected chi connectivity index (χ0v) is 17.7. The lowest BCUT2D eigenvalue weighted by Gasteiger charge is -2.18. The fourth-order valence-electron chi connectivity index (χ4n) is 4.29. The molecule has 32 heavy (non-hydrogen) atoms. The SMILES string of the molecule is C[C@@H](NC(=O)OCC1c2ccccc2-c2ccccc21)C(=O)NCC1CCC(C(=O)O)O1. The van der Waals surface area contributed by atoms with Crippen LogP contribution in [0.4, 0.5) is 4.79 Å². The second kappa shape index (κ2) is 9.40. The zero-order valence-electron chi connectivity index (χ0n) is 17.7. The monoisotopic (exact) mass is 438 g/mol. The summed E-state index contributed by atoms with van der Waals surface area (Å²) in [5.41, 5.74) is 4.51. The molecule has 1 heterocycles. The van der Waals surface area contributed by atoms with Crippen molar-refractivity contribution in [2.75, 3.05) is 13.2 Å². The van der Waals surface area contributed by atoms with E-state index in [0.29, 0.717) is 12.8 Å². The molecule has 1 aliphatic heterocycles. The number of amides is 2. The van der Waals surface area contributed by atoms with Crippen molar-refractivity contribution in [3.05, 3.63) is 59.7 Å². The molecular weight excluding hydrogens is 412 g/mol. The number of carbonyl (C=O) groups is 3. The highest BCUT2D eigenvalue weighted by Crippen LogP contribution is 2.44. The lowest BCUT2D eigenvalue weighted by molar-refractivity contribution is -0.149. The van der Waals surface area contributed by atoms with Crippen molar-refractivity contribution < 1.29 is 29.0 Å². The number of benzene rings is 2. The Morgan fingerprint density at radius 1 is 1.06 bits per heavy atom. The molecule has 0 bridgehead atoms. The summed E-state index contributed by atoms with van der Waals surface area (Å²) in [6, 6.07) is 15.3. The van der Waals surface area contributed by atoms with Crippen LogP contribution in [0.2, 0.25) is 0 Å². The second-order valence-electron chi connectivity index (χ2n) is 8.10. The van der Waals surface area contributed by atoms with E-state index in [1.54, 1.807) is 6.92 Å². The van der Waals surface area contributed by atoms with Crippen molar-refractivity contribution in [2.45, 2.75) is 43.9 Å². The molecule has 2 unspecified atom stereocenters. The van der Waals surface area contributed by atoms with Gasteiger partial charge in [0.05, 0.1) is 6.10 Å². The van der Waals surface area contributed by atoms with Crippen LogP contribution in [0.25, 0.3) is 11.1 Å². The number of carboxylic acid groups (broad SMARTS) is 1. The van der Waals surface area contributed by atoms with Gasteiger partial charge in [-0.25, -0.2) is 9.59 Å². The van der Waals surface area contributed by atoms with Gasteiger partial charge in [-0.05, 0) is 42.0 Å². The predicted octanol–water partition coefficient (Wildman–Crippen LogP) is 2.66. The number of carbonyl (C=O) groups excluding carboxylic acids is 2. The van der Waals surface area contributed by atoms with E-state index in [1.807, 2.05) is 36.4 Å². The van der Waals surface area contributed by atoms with E-state index in [-0.39, 0.29) is 31.1 Å². The Bertz CT molecular complexity index is 978. The molecular formula is C24H26N2O6. The summed E-state index contributed by atoms with van der Waals surface area (Å²) in [6.07, 6.45) is -0.859. The van der Waals surface area contributed by atoms with Gasteiger partial charge in [0.25, 0.3) is 0 Å². The van der Waals surface area contributed by atoms with Crippen LogP contribution < -0.4 is 10.6 Å². The average Bonchev–Trinajstić information content (AvgIpc) is 3.39. The van der Waals surface area contributed by atoms with Crippen molar-refractivity contribution in [3.8, 4) is 11.1 Å². The molecule has 8 heteroatoms. The topological polar surface area (TPSA) is 114 Å². The number of aliphatic carboxylic acids is 1. The summed E-state index contributed by atoms with van der Waals surface area (Å²) >= 11 is 0. The van der Waals surface area contributed by atoms with Crippen LogP contribution >= 0.6 is 0 Å². The number of fused-ring (bicyclic) bond motifs is 3. The normalized spacial score (nSPS) is 20.2. The van der Waals surface area contributed by atoms with Gasteiger partial charge in [-0.2, -0.15) is 0 Å². The molecule has 0 saturated carbocycles. The number of ether oxygens (including phenoxy) is 2. The Hall–Kier alpha value is -3.39. The van der Waals surface area contributed by atoms with Crippen LogP contribution in [0.15, 0.2) is 48.5 Å². The molecule has 1 fully saturated rings. The molecule has 0 spiro atoms. The summed E-state index contributed by atoms with van der Waals surface area (Å²) < 4.78 is 10.8. The highest BCUT2D eigenvalue weighted by atomic mass is 16.5. The van der Waals surface area contributed by atoms with Crippen LogP contribution in [0.3, 0.4) is 0 Å². The van der Waals surface area contributed by atoms with E-state index in [9.17, 15) is 14.4 Å². The Labute approximate surface area is 185 Å². The highest BCUT2D eigenvalue weighted by molar-refractivity contribution is 5.85. The molecule has 2 aromatic carbocycles. The van der Waals surface area contributed by atoms with Crippen LogP contribution in [0, 0.1) is 0 Å². The van der Waals surface area contributed by atoms with Crippen molar-refractivity contribution in [3.63, 3.8) is 0 Å². The van der Waals surface area contributed by atoms with Gasteiger partial charge in [-0.3, -0.25) is 4.79 Å². The van der Waals surface area contributed by atoms with E-state index in [4.69, 9.17) is 14.6 Å². The van der Waals surface area contributed by atoms with Crippen LogP contribution in [-0.4, -0.2) is 54.5 Å². The van der Waals surface area contributed by atoms with Crippen LogP contribution in [-0.2, 0) is 19.1 Å². The molecule has 1 saturated heterocycles. The van der Waals surface area contributed by atoms with E-state index >= 15 is 0 Å². The summed E-state index contributed by atoms with van der Waals surface area (Å²) in [4.78, 5) is 35.5. The number of hydrogen-bond acceptors (Lipinski definition) is 5. The Morgan fingerprint density at radius 3 is 2.28 bits per heavy atom. The third-order valence-electron chi connectivity index (χ3n) is 5.96. The minimum absolute atomic E-state index is 0.0565. The molecule has 2 aromatic rings. The van der Waals surface area contributed by atoms with Gasteiger partial charge in [0.1, 0.15) is 12.6 Å². The molecule has 168 valence electrons. The first kappa shape index (κ1) is 21.8. The Kier molecular flexibility index (Phi) is 6.41. The largest absolute Gasteiger partial charge is 0.479 e. The first-order valence-electron chi connectivity index (χ1n) is 10.7. The average molecular weight is 438 g/mol. The fourth-order valence-corrected chi connectivity index (χ4v) is 4.29. The number of nitrogens with one attached hydrogen (secondary N) is 2. The zero-order chi connectivity index (χ0) is 22.7. The number of rotatable bonds is 7. The Balaban J connectivity index is 1.26. The van der Waals surface area contributed by atoms with E-state index in [1.165, 1.54) is 0 Å². The lowest BCUT2D eigenvalue weighted by atomic mass is 9.98. The van der Waals surface area contributed by atoms with Gasteiger partial charge in [0.2, 0.25) is 5.91 Å². The van der Waals surface area contributed by atoms with E-state index in [0.717, 1.165) is 22.3 Å². The van der Waals surface area contributed by atoms with Gasteiger partial charge in [0.15, 0.2) is 6.10 Å². The van der Waals surface area contributed by atoms with Crippen molar-refractivity contribution in [1.29, 1.82) is 0 Å². The van der Waals surface area contributed by atoms with Gasteiger partial charge in [-0.1, -0.05) is 48.5 Å². The molecule has 1 aliphatic carbocycles. The number of alkyl carbamates (subject to hydrolysis) is 1. The van der Waals surface area contributed by atoms with Crippen LogP contribution in [0.5, 0.6) is 0 Å². The molecule has 2 aliphatic rings. The maximum absolute atomic E-state index is 12.3. The third-order valence-corrected chi connectivity index (χ3v) is 5.96. The standard InChI is InChI=1S/C24H26N2O6/c1-14(22(27)25-12-15-10-11-21(32-15)23(28)29)26-24(30)31-13-20-18-8-4-2-6-16(18)17-7-3-5-9-19(17)20/h2-9,14-15,20-21H,10-13H2,1H3,(H,25,27)(H,26,30)(H,28,29)/t14-,15?,21?/m1/s1. The summed E-state index contributed by atoms with van der Waals surface area (Å²) in [7, 11) is 0. The number of hydrogen-bond donors (Lipinski definition) is 3. The lowest BCUT2D eigenvalue weighted by Crippen LogP contribution is -2.47. The number of carboxylic acids is 1. The van der Waals surface area contributed by atoms with Crippen molar-refractivity contribution >= 4 is 18.0 Å². The second-order valence-corrected chi connectivity index (χ2v) is 8.10. The highest BCUT2D eigenvalue weighted by Gasteiger charge is 2.31. The smallest absolute Gasteiger partial charge is 0.407 e. The van der Waals surface area contributed by atoms with Gasteiger partial charge in [0, 0.05) is 12.5 Å². The van der Waals surface area contributed by atoms with E-state index in [2.05, 4.69) is 22.8 Å². The van der Waals surface area contributed by atoms with Gasteiger partial charge >= 0.3 is 12.1 Å². The van der Waals surface area contributed by atoms with Crippen LogP contribution in [0.1, 0.15) is 36.8 Å². The molecule has 0 aromatic heterocycles. The molecule has 3 N–H and O–H groups in total. The summed E-state index contributed by atoms with van der Waals surface area (Å²) in [5.74, 6) is -1.44. The molecule has 3 atom stereocenters. The third kappa shape index (κ3) is 4.60. The summed E-state index contributed by atoms with van der Waals surface area (Å²) in [5, 5.41) is 14.2. The maximum Gasteiger partial charge on any atom is 0.407 e. The quantitative estimate of drug-likeness (QED) is 0.612. The molecule has 8 nitrogen and oxygen atoms in total. The van der Waals surface area contributed by atoms with Gasteiger partial charge in [-0.15, -0.1) is 0 Å². The molecule has 2 amide bonds. The van der Waals surface area contributed by atoms with Crippen molar-refractivity contribution in [1.82, 2.24) is 10.6 Å². The van der Waals surface area contributed by atoms with Gasteiger partial charge < -0.3 is 25.2 Å². The van der Waals surface area contributed by atoms with Crippen molar-refractivity contribution in [2.24, 2.45) is 0 Å². The fraction of sp³-hybridized carbons (Fsp3) is 0.375. The maximum atomic E-state index is 12.3. The first-order chi connectivity index (χ1) is 15.4. The van der Waals surface area contributed by atoms with E-state index < -0.39 is 24.2 Å². The first-order valence-corrected chi connectivity index (χ1v) is 10.7. The minimum atomic E-state index is -0.996. The minimum Gasteiger partial charge on any atom is -0.479 e. The molecule has 0 radical (unpaired) electrons. The summed E-state index contributed by atoms with van der Waals surface area (Å²) in [6.45, 7) is 1.92.